The topological polar surface area (TPSA) is 119 Å². The predicted octanol–water partition coefficient (Wildman–Crippen LogP) is 11.8. The number of nitrogens with zero attached hydrogens (tertiary/aromatic N) is 4. The first kappa shape index (κ1) is 36.6. The SMILES string of the molecule is Cc1ccc2nc(Nc3ccc(C(=O)Nc4ccc(Cl)cc4)cc3)nc(-c3ccccc3)c2c1.Nc1cccc(-c2nc(-c3ccccc3)nc3ccccc23)c1. The van der Waals surface area contributed by atoms with Gasteiger partial charge in [0, 0.05) is 55.1 Å². The van der Waals surface area contributed by atoms with Gasteiger partial charge in [-0.05, 0) is 85.8 Å². The summed E-state index contributed by atoms with van der Waals surface area (Å²) < 4.78 is 0. The van der Waals surface area contributed by atoms with Gasteiger partial charge in [-0.1, -0.05) is 114 Å². The molecule has 9 aromatic rings. The first-order valence-electron chi connectivity index (χ1n) is 18.3. The van der Waals surface area contributed by atoms with Crippen LogP contribution in [0, 0.1) is 6.92 Å². The molecule has 2 heterocycles. The van der Waals surface area contributed by atoms with E-state index < -0.39 is 0 Å². The maximum Gasteiger partial charge on any atom is 0.255 e. The third-order valence-electron chi connectivity index (χ3n) is 9.20. The summed E-state index contributed by atoms with van der Waals surface area (Å²) in [7, 11) is 0. The van der Waals surface area contributed by atoms with Crippen molar-refractivity contribution in [1.29, 1.82) is 0 Å². The van der Waals surface area contributed by atoms with Crippen LogP contribution in [0.4, 0.5) is 23.0 Å². The molecule has 0 saturated heterocycles. The van der Waals surface area contributed by atoms with Crippen LogP contribution < -0.4 is 16.4 Å². The van der Waals surface area contributed by atoms with Crippen LogP contribution >= 0.6 is 11.6 Å². The molecule has 276 valence electrons. The van der Waals surface area contributed by atoms with E-state index in [0.717, 1.165) is 72.6 Å². The number of amides is 1. The highest BCUT2D eigenvalue weighted by Crippen LogP contribution is 2.31. The van der Waals surface area contributed by atoms with Crippen molar-refractivity contribution in [3.63, 3.8) is 0 Å². The summed E-state index contributed by atoms with van der Waals surface area (Å²) in [5.74, 6) is 1.02. The molecule has 0 aliphatic heterocycles. The van der Waals surface area contributed by atoms with Crippen molar-refractivity contribution in [2.24, 2.45) is 0 Å². The average molecular weight is 762 g/mol. The van der Waals surface area contributed by atoms with Gasteiger partial charge in [-0.25, -0.2) is 19.9 Å². The van der Waals surface area contributed by atoms with Gasteiger partial charge in [0.1, 0.15) is 0 Å². The highest BCUT2D eigenvalue weighted by Gasteiger charge is 2.13. The van der Waals surface area contributed by atoms with E-state index in [9.17, 15) is 4.79 Å². The summed E-state index contributed by atoms with van der Waals surface area (Å²) in [4.78, 5) is 31.6. The summed E-state index contributed by atoms with van der Waals surface area (Å²) in [5, 5.41) is 8.79. The van der Waals surface area contributed by atoms with Gasteiger partial charge in [-0.3, -0.25) is 4.79 Å². The van der Waals surface area contributed by atoms with Crippen LogP contribution in [-0.4, -0.2) is 25.8 Å². The lowest BCUT2D eigenvalue weighted by Gasteiger charge is -2.12. The molecule has 1 amide bonds. The van der Waals surface area contributed by atoms with Gasteiger partial charge in [0.2, 0.25) is 5.95 Å². The monoisotopic (exact) mass is 761 g/mol. The van der Waals surface area contributed by atoms with E-state index in [1.54, 1.807) is 36.4 Å². The Kier molecular flexibility index (Phi) is 10.6. The van der Waals surface area contributed by atoms with Crippen LogP contribution in [0.1, 0.15) is 15.9 Å². The Morgan fingerprint density at radius 2 is 1.18 bits per heavy atom. The Morgan fingerprint density at radius 3 is 1.91 bits per heavy atom. The van der Waals surface area contributed by atoms with Gasteiger partial charge in [-0.15, -0.1) is 0 Å². The maximum atomic E-state index is 12.6. The van der Waals surface area contributed by atoms with Gasteiger partial charge < -0.3 is 16.4 Å². The van der Waals surface area contributed by atoms with Crippen LogP contribution in [0.25, 0.3) is 55.7 Å². The molecule has 57 heavy (non-hydrogen) atoms. The fourth-order valence-electron chi connectivity index (χ4n) is 6.38. The number of hydrogen-bond donors (Lipinski definition) is 3. The second-order valence-corrected chi connectivity index (χ2v) is 13.8. The molecule has 7 aromatic carbocycles. The minimum absolute atomic E-state index is 0.197. The molecule has 0 unspecified atom stereocenters. The van der Waals surface area contributed by atoms with E-state index in [0.29, 0.717) is 22.2 Å². The van der Waals surface area contributed by atoms with E-state index in [1.807, 2.05) is 133 Å². The molecule has 2 aromatic heterocycles. The number of aryl methyl sites for hydroxylation is 1. The molecule has 0 saturated carbocycles. The Hall–Kier alpha value is -7.42. The molecule has 0 aliphatic carbocycles. The molecular weight excluding hydrogens is 726 g/mol. The number of para-hydroxylation sites is 1. The number of benzene rings is 7. The normalized spacial score (nSPS) is 10.8. The number of aromatic nitrogens is 4. The Balaban J connectivity index is 0.000000172. The maximum absolute atomic E-state index is 12.6. The zero-order valence-corrected chi connectivity index (χ0v) is 31.7. The number of nitrogens with two attached hydrogens (primary N) is 1. The van der Waals surface area contributed by atoms with E-state index in [1.165, 1.54) is 0 Å². The van der Waals surface area contributed by atoms with E-state index >= 15 is 0 Å². The molecule has 0 atom stereocenters. The molecule has 8 nitrogen and oxygen atoms in total. The van der Waals surface area contributed by atoms with Crippen molar-refractivity contribution >= 4 is 62.3 Å². The van der Waals surface area contributed by atoms with Gasteiger partial charge in [0.15, 0.2) is 5.82 Å². The Morgan fingerprint density at radius 1 is 0.544 bits per heavy atom. The van der Waals surface area contributed by atoms with E-state index in [-0.39, 0.29) is 5.91 Å². The summed E-state index contributed by atoms with van der Waals surface area (Å²) in [6.45, 7) is 2.06. The van der Waals surface area contributed by atoms with Gasteiger partial charge in [0.05, 0.1) is 22.4 Å². The summed E-state index contributed by atoms with van der Waals surface area (Å²) in [6.07, 6.45) is 0. The largest absolute Gasteiger partial charge is 0.399 e. The number of halogens is 1. The van der Waals surface area contributed by atoms with Crippen molar-refractivity contribution in [3.8, 4) is 33.9 Å². The van der Waals surface area contributed by atoms with Crippen molar-refractivity contribution in [2.75, 3.05) is 16.4 Å². The van der Waals surface area contributed by atoms with Gasteiger partial charge in [0.25, 0.3) is 5.91 Å². The lowest BCUT2D eigenvalue weighted by molar-refractivity contribution is 0.102. The molecule has 0 radical (unpaired) electrons. The number of carbonyl (C=O) groups excluding carboxylic acids is 1. The zero-order valence-electron chi connectivity index (χ0n) is 30.9. The number of fused-ring (bicyclic) bond motifs is 2. The Bertz CT molecular complexity index is 2830. The Labute approximate surface area is 335 Å². The fraction of sp³-hybridized carbons (Fsp3) is 0.0208. The molecule has 4 N–H and O–H groups in total. The fourth-order valence-corrected chi connectivity index (χ4v) is 6.51. The average Bonchev–Trinajstić information content (AvgIpc) is 3.25. The number of carbonyl (C=O) groups is 1. The minimum atomic E-state index is -0.197. The number of rotatable bonds is 7. The first-order chi connectivity index (χ1) is 27.9. The molecule has 9 rings (SSSR count). The van der Waals surface area contributed by atoms with Gasteiger partial charge in [-0.2, -0.15) is 0 Å². The standard InChI is InChI=1S/C28H21ClN4O.C20H15N3/c1-18-7-16-25-24(17-18)26(19-5-3-2-4-6-19)33-28(32-25)31-23-12-8-20(9-13-23)27(34)30-22-14-10-21(29)11-15-22;21-16-10-6-9-15(13-16)19-17-11-4-5-12-18(17)22-20(23-19)14-7-2-1-3-8-14/h2-17H,1H3,(H,30,34)(H,31,32,33);1-13H,21H2. The van der Waals surface area contributed by atoms with Crippen LogP contribution in [0.5, 0.6) is 0 Å². The smallest absolute Gasteiger partial charge is 0.255 e. The lowest BCUT2D eigenvalue weighted by atomic mass is 10.0. The summed E-state index contributed by atoms with van der Waals surface area (Å²) in [5.41, 5.74) is 16.4. The van der Waals surface area contributed by atoms with Crippen molar-refractivity contribution in [1.82, 2.24) is 19.9 Å². The predicted molar refractivity (Wildman–Crippen MR) is 234 cm³/mol. The van der Waals surface area contributed by atoms with Crippen LogP contribution in [0.3, 0.4) is 0 Å². The quantitative estimate of drug-likeness (QED) is 0.138. The number of anilines is 4. The molecule has 9 heteroatoms. The van der Waals surface area contributed by atoms with Crippen molar-refractivity contribution < 1.29 is 4.79 Å². The molecular formula is C48H36ClN7O. The molecule has 0 aliphatic rings. The second kappa shape index (κ2) is 16.5. The second-order valence-electron chi connectivity index (χ2n) is 13.4. The highest BCUT2D eigenvalue weighted by atomic mass is 35.5. The number of hydrogen-bond acceptors (Lipinski definition) is 7. The molecule has 0 spiro atoms. The third-order valence-corrected chi connectivity index (χ3v) is 9.45. The van der Waals surface area contributed by atoms with Gasteiger partial charge >= 0.3 is 0 Å². The van der Waals surface area contributed by atoms with Crippen LogP contribution in [0.15, 0.2) is 176 Å². The third kappa shape index (κ3) is 8.62. The lowest BCUT2D eigenvalue weighted by Crippen LogP contribution is -2.11. The van der Waals surface area contributed by atoms with E-state index in [4.69, 9.17) is 37.3 Å². The molecule has 0 fully saturated rings. The molecule has 0 bridgehead atoms. The van der Waals surface area contributed by atoms with Crippen LogP contribution in [0.2, 0.25) is 5.02 Å². The minimum Gasteiger partial charge on any atom is -0.399 e. The van der Waals surface area contributed by atoms with Crippen LogP contribution in [-0.2, 0) is 0 Å². The van der Waals surface area contributed by atoms with E-state index in [2.05, 4.69) is 23.6 Å². The highest BCUT2D eigenvalue weighted by molar-refractivity contribution is 6.30. The first-order valence-corrected chi connectivity index (χ1v) is 18.7. The van der Waals surface area contributed by atoms with Crippen molar-refractivity contribution in [3.05, 3.63) is 192 Å². The number of nitrogen functional groups attached to an aromatic ring is 1. The summed E-state index contributed by atoms with van der Waals surface area (Å²) in [6, 6.07) is 56.3. The zero-order chi connectivity index (χ0) is 39.1. The van der Waals surface area contributed by atoms with Crippen molar-refractivity contribution in [2.45, 2.75) is 6.92 Å². The summed E-state index contributed by atoms with van der Waals surface area (Å²) >= 11 is 5.90. The number of nitrogens with one attached hydrogen (secondary N) is 2.